The van der Waals surface area contributed by atoms with E-state index in [1.807, 2.05) is 13.8 Å². The van der Waals surface area contributed by atoms with Crippen molar-refractivity contribution in [3.63, 3.8) is 0 Å². The van der Waals surface area contributed by atoms with Crippen LogP contribution in [0.5, 0.6) is 0 Å². The van der Waals surface area contributed by atoms with Gasteiger partial charge in [0.25, 0.3) is 0 Å². The number of hydrogen-bond acceptors (Lipinski definition) is 4. The first kappa shape index (κ1) is 15.9. The molecule has 1 atom stereocenters. The molecular formula is C13H24O4. The molecule has 100 valence electrons. The molecule has 0 bridgehead atoms. The zero-order valence-corrected chi connectivity index (χ0v) is 11.4. The number of ether oxygens (including phenoxy) is 2. The molecular weight excluding hydrogens is 220 g/mol. The molecule has 0 aliphatic heterocycles. The third kappa shape index (κ3) is 5.71. The molecule has 0 aliphatic rings. The summed E-state index contributed by atoms with van der Waals surface area (Å²) in [5.41, 5.74) is -0.424. The van der Waals surface area contributed by atoms with E-state index in [1.54, 1.807) is 0 Å². The average Bonchev–Trinajstić information content (AvgIpc) is 2.35. The lowest BCUT2D eigenvalue weighted by Crippen LogP contribution is -2.30. The maximum atomic E-state index is 11.9. The van der Waals surface area contributed by atoms with Crippen molar-refractivity contribution < 1.29 is 19.1 Å². The topological polar surface area (TPSA) is 52.6 Å². The summed E-state index contributed by atoms with van der Waals surface area (Å²) in [6.07, 6.45) is 3.78. The van der Waals surface area contributed by atoms with Gasteiger partial charge < -0.3 is 9.47 Å². The van der Waals surface area contributed by atoms with Crippen LogP contribution < -0.4 is 0 Å². The van der Waals surface area contributed by atoms with Gasteiger partial charge in [-0.3, -0.25) is 9.59 Å². The molecule has 17 heavy (non-hydrogen) atoms. The summed E-state index contributed by atoms with van der Waals surface area (Å²) < 4.78 is 9.61. The molecule has 0 aliphatic carbocycles. The highest BCUT2D eigenvalue weighted by Crippen LogP contribution is 2.29. The zero-order chi connectivity index (χ0) is 13.3. The van der Waals surface area contributed by atoms with Gasteiger partial charge in [-0.1, -0.05) is 26.7 Å². The van der Waals surface area contributed by atoms with Gasteiger partial charge in [-0.2, -0.15) is 0 Å². The van der Waals surface area contributed by atoms with Crippen LogP contribution in [0, 0.1) is 5.41 Å². The minimum absolute atomic E-state index is 0.104. The van der Waals surface area contributed by atoms with Crippen molar-refractivity contribution in [2.24, 2.45) is 5.41 Å². The van der Waals surface area contributed by atoms with Crippen LogP contribution in [0.4, 0.5) is 0 Å². The van der Waals surface area contributed by atoms with Gasteiger partial charge >= 0.3 is 11.9 Å². The minimum atomic E-state index is -0.424. The minimum Gasteiger partial charge on any atom is -0.469 e. The molecule has 0 fully saturated rings. The fourth-order valence-electron chi connectivity index (χ4n) is 1.49. The number of carbonyl (C=O) groups excluding carboxylic acids is 2. The Morgan fingerprint density at radius 1 is 1.24 bits per heavy atom. The van der Waals surface area contributed by atoms with Crippen LogP contribution in [-0.4, -0.2) is 25.7 Å². The maximum Gasteiger partial charge on any atom is 0.311 e. The van der Waals surface area contributed by atoms with Gasteiger partial charge in [0.2, 0.25) is 0 Å². The zero-order valence-electron chi connectivity index (χ0n) is 11.4. The summed E-state index contributed by atoms with van der Waals surface area (Å²) in [6, 6.07) is 0. The first-order valence-corrected chi connectivity index (χ1v) is 6.24. The predicted molar refractivity (Wildman–Crippen MR) is 65.5 cm³/mol. The van der Waals surface area contributed by atoms with Crippen LogP contribution in [0.25, 0.3) is 0 Å². The van der Waals surface area contributed by atoms with Gasteiger partial charge in [-0.15, -0.1) is 0 Å². The molecule has 0 heterocycles. The molecule has 0 aromatic heterocycles. The van der Waals surface area contributed by atoms with Crippen molar-refractivity contribution in [3.8, 4) is 0 Å². The molecule has 1 unspecified atom stereocenters. The molecule has 0 N–H and O–H groups in total. The molecule has 4 nitrogen and oxygen atoms in total. The van der Waals surface area contributed by atoms with Crippen molar-refractivity contribution in [1.82, 2.24) is 0 Å². The summed E-state index contributed by atoms with van der Waals surface area (Å²) >= 11 is 0. The summed E-state index contributed by atoms with van der Waals surface area (Å²) in [4.78, 5) is 22.8. The Hall–Kier alpha value is -1.06. The lowest BCUT2D eigenvalue weighted by molar-refractivity contribution is -0.157. The Morgan fingerprint density at radius 2 is 1.88 bits per heavy atom. The maximum absolute atomic E-state index is 11.9. The summed E-state index contributed by atoms with van der Waals surface area (Å²) in [5.74, 6) is -0.568. The van der Waals surface area contributed by atoms with Gasteiger partial charge in [-0.05, 0) is 19.8 Å². The van der Waals surface area contributed by atoms with Crippen molar-refractivity contribution >= 4 is 11.9 Å². The van der Waals surface area contributed by atoms with E-state index in [0.717, 1.165) is 25.7 Å². The van der Waals surface area contributed by atoms with E-state index in [-0.39, 0.29) is 25.0 Å². The monoisotopic (exact) mass is 244 g/mol. The van der Waals surface area contributed by atoms with Crippen LogP contribution in [0.2, 0.25) is 0 Å². The smallest absolute Gasteiger partial charge is 0.311 e. The summed E-state index contributed by atoms with van der Waals surface area (Å²) in [6.45, 7) is 6.10. The number of methoxy groups -OCH3 is 1. The van der Waals surface area contributed by atoms with Crippen LogP contribution in [0.15, 0.2) is 0 Å². The standard InChI is InChI=1S/C13H24O4/c1-5-7-9-13(3,6-2)12(15)17-10-8-11(14)16-4/h5-10H2,1-4H3. The lowest BCUT2D eigenvalue weighted by Gasteiger charge is -2.25. The number of rotatable bonds is 8. The van der Waals surface area contributed by atoms with Crippen LogP contribution in [-0.2, 0) is 19.1 Å². The van der Waals surface area contributed by atoms with E-state index in [2.05, 4.69) is 11.7 Å². The third-order valence-electron chi connectivity index (χ3n) is 3.12. The molecule has 0 rings (SSSR count). The Morgan fingerprint density at radius 3 is 2.35 bits per heavy atom. The van der Waals surface area contributed by atoms with Crippen LogP contribution in [0.1, 0.15) is 52.9 Å². The normalized spacial score (nSPS) is 13.9. The Labute approximate surface area is 104 Å². The van der Waals surface area contributed by atoms with Gasteiger partial charge in [0.1, 0.15) is 6.61 Å². The molecule has 0 radical (unpaired) electrons. The first-order chi connectivity index (χ1) is 8.00. The molecule has 0 aromatic carbocycles. The highest BCUT2D eigenvalue weighted by atomic mass is 16.5. The molecule has 0 saturated carbocycles. The van der Waals surface area contributed by atoms with Crippen molar-refractivity contribution in [1.29, 1.82) is 0 Å². The quantitative estimate of drug-likeness (QED) is 0.616. The van der Waals surface area contributed by atoms with E-state index in [9.17, 15) is 9.59 Å². The van der Waals surface area contributed by atoms with Crippen LogP contribution >= 0.6 is 0 Å². The average molecular weight is 244 g/mol. The number of esters is 2. The van der Waals surface area contributed by atoms with Gasteiger partial charge in [0.15, 0.2) is 0 Å². The van der Waals surface area contributed by atoms with Gasteiger partial charge in [0, 0.05) is 0 Å². The first-order valence-electron chi connectivity index (χ1n) is 6.24. The molecule has 0 spiro atoms. The number of carbonyl (C=O) groups is 2. The van der Waals surface area contributed by atoms with Crippen LogP contribution in [0.3, 0.4) is 0 Å². The number of unbranched alkanes of at least 4 members (excludes halogenated alkanes) is 1. The second-order valence-corrected chi connectivity index (χ2v) is 4.48. The highest BCUT2D eigenvalue weighted by Gasteiger charge is 2.32. The highest BCUT2D eigenvalue weighted by molar-refractivity contribution is 5.76. The molecule has 0 amide bonds. The van der Waals surface area contributed by atoms with Gasteiger partial charge in [0.05, 0.1) is 18.9 Å². The second-order valence-electron chi connectivity index (χ2n) is 4.48. The van der Waals surface area contributed by atoms with E-state index in [4.69, 9.17) is 4.74 Å². The molecule has 4 heteroatoms. The van der Waals surface area contributed by atoms with Crippen molar-refractivity contribution in [3.05, 3.63) is 0 Å². The SMILES string of the molecule is CCCCC(C)(CC)C(=O)OCCC(=O)OC. The second kappa shape index (κ2) is 8.09. The Kier molecular flexibility index (Phi) is 7.59. The van der Waals surface area contributed by atoms with Crippen molar-refractivity contribution in [2.45, 2.75) is 52.9 Å². The van der Waals surface area contributed by atoms with E-state index < -0.39 is 5.41 Å². The largest absolute Gasteiger partial charge is 0.469 e. The number of hydrogen-bond donors (Lipinski definition) is 0. The van der Waals surface area contributed by atoms with Crippen molar-refractivity contribution in [2.75, 3.05) is 13.7 Å². The van der Waals surface area contributed by atoms with E-state index in [1.165, 1.54) is 7.11 Å². The van der Waals surface area contributed by atoms with Gasteiger partial charge in [-0.25, -0.2) is 0 Å². The van der Waals surface area contributed by atoms with E-state index in [0.29, 0.717) is 0 Å². The molecule has 0 aromatic rings. The van der Waals surface area contributed by atoms with E-state index >= 15 is 0 Å². The third-order valence-corrected chi connectivity index (χ3v) is 3.12. The fourth-order valence-corrected chi connectivity index (χ4v) is 1.49. The summed E-state index contributed by atoms with van der Waals surface area (Å²) in [5, 5.41) is 0. The predicted octanol–water partition coefficient (Wildman–Crippen LogP) is 2.70. The Bertz CT molecular complexity index is 250. The lowest BCUT2D eigenvalue weighted by atomic mass is 9.82. The Balaban J connectivity index is 4.11. The summed E-state index contributed by atoms with van der Waals surface area (Å²) in [7, 11) is 1.32. The molecule has 0 saturated heterocycles. The fraction of sp³-hybridized carbons (Fsp3) is 0.846.